The molecule has 1 aromatic heterocycles. The van der Waals surface area contributed by atoms with Gasteiger partial charge in [0.15, 0.2) is 0 Å². The number of para-hydroxylation sites is 1. The van der Waals surface area contributed by atoms with E-state index in [4.69, 9.17) is 0 Å². The van der Waals surface area contributed by atoms with Gasteiger partial charge in [-0.1, -0.05) is 12.1 Å². The molecule has 4 rings (SSSR count). The molecular weight excluding hydrogens is 266 g/mol. The third kappa shape index (κ3) is 1.94. The molecule has 0 radical (unpaired) electrons. The van der Waals surface area contributed by atoms with Gasteiger partial charge in [0.2, 0.25) is 0 Å². The highest BCUT2D eigenvalue weighted by Crippen LogP contribution is 2.28. The van der Waals surface area contributed by atoms with Gasteiger partial charge in [-0.25, -0.2) is 4.79 Å². The Kier molecular flexibility index (Phi) is 3.10. The van der Waals surface area contributed by atoms with Crippen LogP contribution < -0.4 is 21.6 Å². The zero-order valence-electron chi connectivity index (χ0n) is 12.2. The van der Waals surface area contributed by atoms with Crippen molar-refractivity contribution >= 4 is 11.0 Å². The van der Waals surface area contributed by atoms with E-state index in [0.717, 1.165) is 43.8 Å². The van der Waals surface area contributed by atoms with Crippen molar-refractivity contribution < 1.29 is 0 Å². The van der Waals surface area contributed by atoms with Gasteiger partial charge in [0, 0.05) is 45.7 Å². The highest BCUT2D eigenvalue weighted by Gasteiger charge is 2.26. The largest absolute Gasteiger partial charge is 0.330 e. The molecule has 1 aromatic carbocycles. The number of hydrogen-bond donors (Lipinski definition) is 3. The number of nitrogens with one attached hydrogen (secondary N) is 3. The van der Waals surface area contributed by atoms with Gasteiger partial charge in [0.25, 0.3) is 0 Å². The molecule has 2 aliphatic rings. The Labute approximate surface area is 123 Å². The second-order valence-electron chi connectivity index (χ2n) is 5.96. The SMILES string of the molecule is Cn1c(=O)n(C2CNCCN2)c2cccc(C3CNC3)c21. The van der Waals surface area contributed by atoms with E-state index in [0.29, 0.717) is 5.92 Å². The topological polar surface area (TPSA) is 63.0 Å². The van der Waals surface area contributed by atoms with Gasteiger partial charge < -0.3 is 10.6 Å². The van der Waals surface area contributed by atoms with Crippen molar-refractivity contribution in [2.75, 3.05) is 32.7 Å². The van der Waals surface area contributed by atoms with Crippen LogP contribution in [0, 0.1) is 0 Å². The number of imidazole rings is 1. The van der Waals surface area contributed by atoms with Crippen LogP contribution in [0.4, 0.5) is 0 Å². The lowest BCUT2D eigenvalue weighted by Crippen LogP contribution is -2.48. The highest BCUT2D eigenvalue weighted by molar-refractivity contribution is 5.80. The van der Waals surface area contributed by atoms with E-state index in [2.05, 4.69) is 34.1 Å². The fraction of sp³-hybridized carbons (Fsp3) is 0.533. The van der Waals surface area contributed by atoms with Crippen LogP contribution in [0.1, 0.15) is 17.6 Å². The summed E-state index contributed by atoms with van der Waals surface area (Å²) in [7, 11) is 1.88. The molecule has 2 saturated heterocycles. The smallest absolute Gasteiger partial charge is 0.315 e. The average Bonchev–Trinajstić information content (AvgIpc) is 2.71. The molecule has 0 spiro atoms. The van der Waals surface area contributed by atoms with E-state index >= 15 is 0 Å². The van der Waals surface area contributed by atoms with Crippen molar-refractivity contribution in [1.82, 2.24) is 25.1 Å². The number of aromatic nitrogens is 2. The van der Waals surface area contributed by atoms with Crippen molar-refractivity contribution in [3.63, 3.8) is 0 Å². The van der Waals surface area contributed by atoms with Gasteiger partial charge in [-0.15, -0.1) is 0 Å². The van der Waals surface area contributed by atoms with E-state index in [1.807, 2.05) is 11.6 Å². The first-order valence-electron chi connectivity index (χ1n) is 7.62. The van der Waals surface area contributed by atoms with Crippen molar-refractivity contribution in [3.8, 4) is 0 Å². The van der Waals surface area contributed by atoms with E-state index < -0.39 is 0 Å². The first-order valence-corrected chi connectivity index (χ1v) is 7.62. The summed E-state index contributed by atoms with van der Waals surface area (Å²) in [5.41, 5.74) is 3.47. The maximum Gasteiger partial charge on any atom is 0.330 e. The Hall–Kier alpha value is -1.63. The fourth-order valence-corrected chi connectivity index (χ4v) is 3.43. The van der Waals surface area contributed by atoms with Gasteiger partial charge in [-0.3, -0.25) is 14.5 Å². The summed E-state index contributed by atoms with van der Waals surface area (Å²) < 4.78 is 3.70. The minimum atomic E-state index is 0.0321. The molecule has 2 aliphatic heterocycles. The lowest BCUT2D eigenvalue weighted by atomic mass is 9.92. The Bertz CT molecular complexity index is 721. The van der Waals surface area contributed by atoms with Crippen molar-refractivity contribution in [2.24, 2.45) is 7.05 Å². The minimum Gasteiger partial charge on any atom is -0.315 e. The summed E-state index contributed by atoms with van der Waals surface area (Å²) in [6.45, 7) is 4.63. The van der Waals surface area contributed by atoms with Crippen LogP contribution in [0.2, 0.25) is 0 Å². The maximum absolute atomic E-state index is 12.7. The molecule has 0 bridgehead atoms. The summed E-state index contributed by atoms with van der Waals surface area (Å²) in [6.07, 6.45) is 0.0321. The number of fused-ring (bicyclic) bond motifs is 1. The van der Waals surface area contributed by atoms with Crippen molar-refractivity contribution in [3.05, 3.63) is 34.2 Å². The third-order valence-electron chi connectivity index (χ3n) is 4.69. The number of hydrogen-bond acceptors (Lipinski definition) is 4. The molecule has 2 aromatic rings. The number of rotatable bonds is 2. The lowest BCUT2D eigenvalue weighted by molar-refractivity contribution is 0.336. The summed E-state index contributed by atoms with van der Waals surface area (Å²) in [6, 6.07) is 6.29. The molecule has 3 heterocycles. The summed E-state index contributed by atoms with van der Waals surface area (Å²) in [5.74, 6) is 0.521. The molecule has 0 aliphatic carbocycles. The summed E-state index contributed by atoms with van der Waals surface area (Å²) in [5, 5.41) is 10.1. The lowest BCUT2D eigenvalue weighted by Gasteiger charge is -2.28. The highest BCUT2D eigenvalue weighted by atomic mass is 16.1. The molecule has 0 saturated carbocycles. The third-order valence-corrected chi connectivity index (χ3v) is 4.69. The van der Waals surface area contributed by atoms with Crippen LogP contribution in [0.25, 0.3) is 11.0 Å². The molecule has 3 N–H and O–H groups in total. The molecule has 1 unspecified atom stereocenters. The standard InChI is InChI=1S/C15H21N5O/c1-19-14-11(10-7-17-8-10)3-2-4-12(14)20(15(19)21)13-9-16-5-6-18-13/h2-4,10,13,16-18H,5-9H2,1H3. The predicted octanol–water partition coefficient (Wildman–Crippen LogP) is -0.282. The van der Waals surface area contributed by atoms with Crippen molar-refractivity contribution in [2.45, 2.75) is 12.1 Å². The number of nitrogens with zero attached hydrogens (tertiary/aromatic N) is 2. The van der Waals surface area contributed by atoms with Gasteiger partial charge in [0.05, 0.1) is 11.0 Å². The molecule has 1 atom stereocenters. The Morgan fingerprint density at radius 3 is 2.67 bits per heavy atom. The van der Waals surface area contributed by atoms with E-state index in [-0.39, 0.29) is 11.9 Å². The first-order chi connectivity index (χ1) is 10.3. The van der Waals surface area contributed by atoms with Crippen LogP contribution >= 0.6 is 0 Å². The van der Waals surface area contributed by atoms with Gasteiger partial charge >= 0.3 is 5.69 Å². The monoisotopic (exact) mass is 287 g/mol. The zero-order chi connectivity index (χ0) is 14.4. The van der Waals surface area contributed by atoms with Gasteiger partial charge in [0.1, 0.15) is 6.17 Å². The quantitative estimate of drug-likeness (QED) is 0.711. The Morgan fingerprint density at radius 1 is 1.14 bits per heavy atom. The van der Waals surface area contributed by atoms with Crippen LogP contribution in [0.15, 0.2) is 23.0 Å². The van der Waals surface area contributed by atoms with Crippen LogP contribution in [0.5, 0.6) is 0 Å². The molecule has 2 fully saturated rings. The maximum atomic E-state index is 12.7. The number of aryl methyl sites for hydroxylation is 1. The van der Waals surface area contributed by atoms with E-state index in [9.17, 15) is 4.79 Å². The Balaban J connectivity index is 1.91. The minimum absolute atomic E-state index is 0.0321. The van der Waals surface area contributed by atoms with Crippen molar-refractivity contribution in [1.29, 1.82) is 0 Å². The summed E-state index contributed by atoms with van der Waals surface area (Å²) in [4.78, 5) is 12.7. The fourth-order valence-electron chi connectivity index (χ4n) is 3.43. The molecule has 21 heavy (non-hydrogen) atoms. The second kappa shape index (κ2) is 4.98. The van der Waals surface area contributed by atoms with Crippen LogP contribution in [-0.2, 0) is 7.05 Å². The first kappa shape index (κ1) is 13.1. The number of benzene rings is 1. The normalized spacial score (nSPS) is 23.4. The number of piperazine rings is 1. The summed E-state index contributed by atoms with van der Waals surface area (Å²) >= 11 is 0. The van der Waals surface area contributed by atoms with Crippen LogP contribution in [0.3, 0.4) is 0 Å². The van der Waals surface area contributed by atoms with E-state index in [1.54, 1.807) is 4.57 Å². The molecule has 112 valence electrons. The average molecular weight is 287 g/mol. The molecular formula is C15H21N5O. The Morgan fingerprint density at radius 2 is 2.00 bits per heavy atom. The van der Waals surface area contributed by atoms with Crippen LogP contribution in [-0.4, -0.2) is 41.9 Å². The molecule has 6 nitrogen and oxygen atoms in total. The predicted molar refractivity (Wildman–Crippen MR) is 82.7 cm³/mol. The zero-order valence-corrected chi connectivity index (χ0v) is 12.2. The van der Waals surface area contributed by atoms with E-state index in [1.165, 1.54) is 5.56 Å². The second-order valence-corrected chi connectivity index (χ2v) is 5.96. The van der Waals surface area contributed by atoms with Gasteiger partial charge in [-0.2, -0.15) is 0 Å². The van der Waals surface area contributed by atoms with Gasteiger partial charge in [-0.05, 0) is 11.6 Å². The molecule has 0 amide bonds. The molecule has 6 heteroatoms.